The number of sulfonamides is 2. The largest absolute Gasteiger partial charge is 0.484 e. The molecule has 0 spiro atoms. The number of rotatable bonds is 7. The summed E-state index contributed by atoms with van der Waals surface area (Å²) in [6.07, 6.45) is 1.80. The second kappa shape index (κ2) is 8.94. The van der Waals surface area contributed by atoms with Crippen LogP contribution in [-0.4, -0.2) is 73.7 Å². The number of nitrogens with zero attached hydrogens (tertiary/aromatic N) is 4. The van der Waals surface area contributed by atoms with Crippen LogP contribution in [0.3, 0.4) is 0 Å². The Balaban J connectivity index is 1.72. The molecule has 2 aromatic rings. The first kappa shape index (κ1) is 23.2. The average Bonchev–Trinajstić information content (AvgIpc) is 2.92. The lowest BCUT2D eigenvalue weighted by Gasteiger charge is -2.21. The fourth-order valence-electron chi connectivity index (χ4n) is 3.15. The third kappa shape index (κ3) is 5.06. The zero-order chi connectivity index (χ0) is 22.8. The zero-order valence-corrected chi connectivity index (χ0v) is 18.9. The molecule has 2 N–H and O–H groups in total. The Morgan fingerprint density at radius 2 is 1.61 bits per heavy atom. The standard InChI is InChI=1S/C18H25N5O6S2/c1-14-20-18(12-21(14)2)31(27,28)23-9-3-8-22(10-11-23)30(25,26)16-6-4-15(5-7-16)29-13-17(19)24/h4-7,12H,3,8-11,13H2,1-2H3,(H2,19,24). The molecule has 1 amide bonds. The monoisotopic (exact) mass is 471 g/mol. The van der Waals surface area contributed by atoms with Crippen molar-refractivity contribution in [2.45, 2.75) is 23.3 Å². The van der Waals surface area contributed by atoms with E-state index in [0.29, 0.717) is 18.0 Å². The van der Waals surface area contributed by atoms with Gasteiger partial charge < -0.3 is 15.0 Å². The normalized spacial score (nSPS) is 16.7. The van der Waals surface area contributed by atoms with E-state index in [0.717, 1.165) is 0 Å². The van der Waals surface area contributed by atoms with Gasteiger partial charge in [0.25, 0.3) is 15.9 Å². The van der Waals surface area contributed by atoms with Crippen LogP contribution >= 0.6 is 0 Å². The van der Waals surface area contributed by atoms with Gasteiger partial charge in [-0.15, -0.1) is 0 Å². The van der Waals surface area contributed by atoms with Gasteiger partial charge >= 0.3 is 0 Å². The second-order valence-corrected chi connectivity index (χ2v) is 10.9. The maximum absolute atomic E-state index is 13.0. The number of aromatic nitrogens is 2. The predicted octanol–water partition coefficient (Wildman–Crippen LogP) is -0.322. The number of aryl methyl sites for hydroxylation is 2. The molecule has 0 atom stereocenters. The molecule has 13 heteroatoms. The van der Waals surface area contributed by atoms with E-state index in [9.17, 15) is 21.6 Å². The van der Waals surface area contributed by atoms with Crippen LogP contribution in [0.1, 0.15) is 12.2 Å². The maximum Gasteiger partial charge on any atom is 0.262 e. The Hall–Kier alpha value is -2.48. The van der Waals surface area contributed by atoms with Crippen LogP contribution in [0.4, 0.5) is 0 Å². The molecule has 31 heavy (non-hydrogen) atoms. The molecule has 11 nitrogen and oxygen atoms in total. The highest BCUT2D eigenvalue weighted by molar-refractivity contribution is 7.89. The van der Waals surface area contributed by atoms with Gasteiger partial charge in [0, 0.05) is 39.4 Å². The summed E-state index contributed by atoms with van der Waals surface area (Å²) in [5.74, 6) is 0.249. The second-order valence-electron chi connectivity index (χ2n) is 7.13. The molecule has 2 heterocycles. The molecule has 0 bridgehead atoms. The SMILES string of the molecule is Cc1nc(S(=O)(=O)N2CCCN(S(=O)(=O)c3ccc(OCC(N)=O)cc3)CC2)cn1C. The molecular formula is C18H25N5O6S2. The maximum atomic E-state index is 13.0. The molecule has 0 saturated carbocycles. The van der Waals surface area contributed by atoms with Crippen molar-refractivity contribution in [2.75, 3.05) is 32.8 Å². The van der Waals surface area contributed by atoms with Crippen LogP contribution in [-0.2, 0) is 31.9 Å². The number of nitrogens with two attached hydrogens (primary N) is 1. The lowest BCUT2D eigenvalue weighted by Crippen LogP contribution is -2.37. The number of benzene rings is 1. The molecule has 1 fully saturated rings. The fourth-order valence-corrected chi connectivity index (χ4v) is 6.11. The molecule has 0 radical (unpaired) electrons. The van der Waals surface area contributed by atoms with Crippen molar-refractivity contribution in [2.24, 2.45) is 12.8 Å². The topological polar surface area (TPSA) is 145 Å². The van der Waals surface area contributed by atoms with Crippen LogP contribution in [0.2, 0.25) is 0 Å². The first-order valence-electron chi connectivity index (χ1n) is 9.53. The summed E-state index contributed by atoms with van der Waals surface area (Å²) in [5.41, 5.74) is 5.02. The molecule has 1 saturated heterocycles. The van der Waals surface area contributed by atoms with E-state index < -0.39 is 26.0 Å². The first-order chi connectivity index (χ1) is 14.5. The summed E-state index contributed by atoms with van der Waals surface area (Å²) in [7, 11) is -5.93. The van der Waals surface area contributed by atoms with Crippen LogP contribution in [0.5, 0.6) is 5.75 Å². The number of primary amides is 1. The van der Waals surface area contributed by atoms with Crippen LogP contribution in [0.25, 0.3) is 0 Å². The Kier molecular flexibility index (Phi) is 6.69. The van der Waals surface area contributed by atoms with Crippen molar-refractivity contribution in [1.82, 2.24) is 18.2 Å². The molecule has 1 aliphatic heterocycles. The third-order valence-corrected chi connectivity index (χ3v) is 8.63. The summed E-state index contributed by atoms with van der Waals surface area (Å²) in [6, 6.07) is 5.63. The van der Waals surface area contributed by atoms with E-state index in [1.807, 2.05) is 0 Å². The van der Waals surface area contributed by atoms with Crippen molar-refractivity contribution >= 4 is 26.0 Å². The third-order valence-electron chi connectivity index (χ3n) is 4.95. The summed E-state index contributed by atoms with van der Waals surface area (Å²) < 4.78 is 61.2. The Labute approximate surface area is 181 Å². The van der Waals surface area contributed by atoms with Gasteiger partial charge in [-0.1, -0.05) is 0 Å². The molecule has 1 aromatic heterocycles. The van der Waals surface area contributed by atoms with Crippen molar-refractivity contribution in [1.29, 1.82) is 0 Å². The number of ether oxygens (including phenoxy) is 1. The van der Waals surface area contributed by atoms with Gasteiger partial charge in [-0.3, -0.25) is 4.79 Å². The van der Waals surface area contributed by atoms with E-state index in [2.05, 4.69) is 4.98 Å². The van der Waals surface area contributed by atoms with Crippen LogP contribution in [0, 0.1) is 6.92 Å². The molecule has 1 aliphatic rings. The highest BCUT2D eigenvalue weighted by Gasteiger charge is 2.33. The zero-order valence-electron chi connectivity index (χ0n) is 17.3. The number of hydrogen-bond acceptors (Lipinski definition) is 7. The summed E-state index contributed by atoms with van der Waals surface area (Å²) >= 11 is 0. The van der Waals surface area contributed by atoms with Gasteiger partial charge in [0.2, 0.25) is 10.0 Å². The lowest BCUT2D eigenvalue weighted by atomic mass is 10.3. The number of imidazole rings is 1. The van der Waals surface area contributed by atoms with Gasteiger partial charge in [-0.05, 0) is 37.6 Å². The quantitative estimate of drug-likeness (QED) is 0.582. The molecule has 0 unspecified atom stereocenters. The van der Waals surface area contributed by atoms with Crippen molar-refractivity contribution in [3.8, 4) is 5.75 Å². The van der Waals surface area contributed by atoms with Gasteiger partial charge in [0.05, 0.1) is 4.90 Å². The first-order valence-corrected chi connectivity index (χ1v) is 12.4. The van der Waals surface area contributed by atoms with E-state index in [1.54, 1.807) is 18.5 Å². The average molecular weight is 472 g/mol. The predicted molar refractivity (Wildman–Crippen MR) is 111 cm³/mol. The number of amides is 1. The van der Waals surface area contributed by atoms with E-state index in [-0.39, 0.29) is 42.7 Å². The molecule has 1 aromatic carbocycles. The molecular weight excluding hydrogens is 446 g/mol. The van der Waals surface area contributed by atoms with Crippen molar-refractivity contribution in [3.05, 3.63) is 36.3 Å². The van der Waals surface area contributed by atoms with Gasteiger partial charge in [-0.25, -0.2) is 21.8 Å². The molecule has 0 aliphatic carbocycles. The minimum absolute atomic E-state index is 0.0211. The fraction of sp³-hybridized carbons (Fsp3) is 0.444. The Morgan fingerprint density at radius 3 is 2.13 bits per heavy atom. The number of carbonyl (C=O) groups is 1. The Morgan fingerprint density at radius 1 is 1.03 bits per heavy atom. The molecule has 170 valence electrons. The number of carbonyl (C=O) groups excluding carboxylic acids is 1. The summed E-state index contributed by atoms with van der Waals surface area (Å²) in [6.45, 7) is 1.84. The van der Waals surface area contributed by atoms with Gasteiger partial charge in [0.15, 0.2) is 11.6 Å². The van der Waals surface area contributed by atoms with Crippen molar-refractivity contribution < 1.29 is 26.4 Å². The van der Waals surface area contributed by atoms with E-state index in [1.165, 1.54) is 39.1 Å². The minimum Gasteiger partial charge on any atom is -0.484 e. The summed E-state index contributed by atoms with van der Waals surface area (Å²) in [5, 5.41) is -0.0460. The van der Waals surface area contributed by atoms with Crippen LogP contribution in [0.15, 0.2) is 40.4 Å². The van der Waals surface area contributed by atoms with Gasteiger partial charge in [-0.2, -0.15) is 8.61 Å². The highest BCUT2D eigenvalue weighted by atomic mass is 32.2. The smallest absolute Gasteiger partial charge is 0.262 e. The van der Waals surface area contributed by atoms with Crippen LogP contribution < -0.4 is 10.5 Å². The van der Waals surface area contributed by atoms with E-state index in [4.69, 9.17) is 10.5 Å². The van der Waals surface area contributed by atoms with E-state index >= 15 is 0 Å². The van der Waals surface area contributed by atoms with Gasteiger partial charge in [0.1, 0.15) is 11.6 Å². The highest BCUT2D eigenvalue weighted by Crippen LogP contribution is 2.23. The Bertz CT molecular complexity index is 1140. The number of hydrogen-bond donors (Lipinski definition) is 1. The summed E-state index contributed by atoms with van der Waals surface area (Å²) in [4.78, 5) is 14.9. The minimum atomic E-state index is -3.82. The van der Waals surface area contributed by atoms with Crippen molar-refractivity contribution in [3.63, 3.8) is 0 Å². The lowest BCUT2D eigenvalue weighted by molar-refractivity contribution is -0.119. The molecule has 3 rings (SSSR count).